The van der Waals surface area contributed by atoms with E-state index in [0.29, 0.717) is 18.5 Å². The molecule has 0 spiro atoms. The van der Waals surface area contributed by atoms with Crippen LogP contribution in [0.2, 0.25) is 0 Å². The van der Waals surface area contributed by atoms with Crippen molar-refractivity contribution in [2.24, 2.45) is 0 Å². The van der Waals surface area contributed by atoms with Crippen LogP contribution in [-0.2, 0) is 4.74 Å². The Morgan fingerprint density at radius 1 is 1.16 bits per heavy atom. The van der Waals surface area contributed by atoms with Gasteiger partial charge in [0, 0.05) is 35.1 Å². The third kappa shape index (κ3) is 5.05. The zero-order valence-electron chi connectivity index (χ0n) is 18.9. The third-order valence-electron chi connectivity index (χ3n) is 5.92. The largest absolute Gasteiger partial charge is 0.393 e. The van der Waals surface area contributed by atoms with E-state index in [4.69, 9.17) is 9.84 Å². The Kier molecular flexibility index (Phi) is 6.53. The van der Waals surface area contributed by atoms with Crippen molar-refractivity contribution >= 4 is 11.5 Å². The first-order valence-electron chi connectivity index (χ1n) is 11.3. The van der Waals surface area contributed by atoms with E-state index in [1.807, 2.05) is 43.7 Å². The summed E-state index contributed by atoms with van der Waals surface area (Å²) >= 11 is 0. The molecule has 1 aliphatic carbocycles. The van der Waals surface area contributed by atoms with Crippen LogP contribution in [0.25, 0.3) is 16.6 Å². The SMILES string of the molecule is Cc1cc(-c2cc([C@H]3CC[C@H](O)CC3)n3nc(N[C@@H](C)COC(C)C)ncc23)ccn1. The summed E-state index contributed by atoms with van der Waals surface area (Å²) in [5, 5.41) is 18.2. The Hall–Kier alpha value is -2.51. The molecule has 0 saturated heterocycles. The summed E-state index contributed by atoms with van der Waals surface area (Å²) in [4.78, 5) is 8.94. The molecule has 1 saturated carbocycles. The Morgan fingerprint density at radius 3 is 2.65 bits per heavy atom. The summed E-state index contributed by atoms with van der Waals surface area (Å²) < 4.78 is 7.75. The molecule has 2 N–H and O–H groups in total. The van der Waals surface area contributed by atoms with E-state index in [-0.39, 0.29) is 18.2 Å². The van der Waals surface area contributed by atoms with Gasteiger partial charge in [-0.1, -0.05) is 0 Å². The van der Waals surface area contributed by atoms with Gasteiger partial charge in [-0.2, -0.15) is 0 Å². The second-order valence-corrected chi connectivity index (χ2v) is 8.98. The zero-order chi connectivity index (χ0) is 22.0. The fraction of sp³-hybridized carbons (Fsp3) is 0.542. The lowest BCUT2D eigenvalue weighted by Crippen LogP contribution is -2.25. The van der Waals surface area contributed by atoms with Gasteiger partial charge in [-0.05, 0) is 77.1 Å². The van der Waals surface area contributed by atoms with E-state index in [1.165, 1.54) is 5.69 Å². The lowest BCUT2D eigenvalue weighted by Gasteiger charge is -2.25. The average Bonchev–Trinajstić information content (AvgIpc) is 3.12. The van der Waals surface area contributed by atoms with Crippen molar-refractivity contribution in [1.82, 2.24) is 19.6 Å². The van der Waals surface area contributed by atoms with Gasteiger partial charge in [0.15, 0.2) is 0 Å². The van der Waals surface area contributed by atoms with Gasteiger partial charge in [0.2, 0.25) is 5.95 Å². The van der Waals surface area contributed by atoms with E-state index < -0.39 is 0 Å². The number of anilines is 1. The molecular formula is C24H33N5O2. The molecule has 0 aromatic carbocycles. The highest BCUT2D eigenvalue weighted by molar-refractivity contribution is 5.81. The molecular weight excluding hydrogens is 390 g/mol. The lowest BCUT2D eigenvalue weighted by molar-refractivity contribution is 0.0741. The summed E-state index contributed by atoms with van der Waals surface area (Å²) in [6.45, 7) is 8.74. The smallest absolute Gasteiger partial charge is 0.241 e. The van der Waals surface area contributed by atoms with Crippen LogP contribution in [0.5, 0.6) is 0 Å². The van der Waals surface area contributed by atoms with Crippen molar-refractivity contribution in [3.63, 3.8) is 0 Å². The van der Waals surface area contributed by atoms with Crippen molar-refractivity contribution in [3.05, 3.63) is 42.0 Å². The number of ether oxygens (including phenoxy) is 1. The number of hydrogen-bond acceptors (Lipinski definition) is 6. The third-order valence-corrected chi connectivity index (χ3v) is 5.92. The molecule has 0 unspecified atom stereocenters. The first kappa shape index (κ1) is 21.7. The molecule has 31 heavy (non-hydrogen) atoms. The molecule has 1 atom stereocenters. The van der Waals surface area contributed by atoms with E-state index in [0.717, 1.165) is 48.0 Å². The minimum atomic E-state index is -0.182. The van der Waals surface area contributed by atoms with Gasteiger partial charge in [0.25, 0.3) is 0 Å². The van der Waals surface area contributed by atoms with E-state index in [1.54, 1.807) is 0 Å². The normalized spacial score (nSPS) is 20.3. The maximum atomic E-state index is 9.97. The monoisotopic (exact) mass is 423 g/mol. The molecule has 3 aromatic heterocycles. The first-order valence-corrected chi connectivity index (χ1v) is 11.3. The number of nitrogens with one attached hydrogen (secondary N) is 1. The number of nitrogens with zero attached hydrogens (tertiary/aromatic N) is 4. The van der Waals surface area contributed by atoms with Gasteiger partial charge in [-0.25, -0.2) is 9.50 Å². The molecule has 0 aliphatic heterocycles. The van der Waals surface area contributed by atoms with Crippen LogP contribution < -0.4 is 5.32 Å². The molecule has 3 aromatic rings. The maximum absolute atomic E-state index is 9.97. The summed E-state index contributed by atoms with van der Waals surface area (Å²) in [6, 6.07) is 6.48. The van der Waals surface area contributed by atoms with Crippen molar-refractivity contribution < 1.29 is 9.84 Å². The Bertz CT molecular complexity index is 1020. The number of pyridine rings is 1. The number of aliphatic hydroxyl groups is 1. The molecule has 0 bridgehead atoms. The van der Waals surface area contributed by atoms with Crippen LogP contribution in [0.15, 0.2) is 30.6 Å². The van der Waals surface area contributed by atoms with Crippen LogP contribution in [0, 0.1) is 6.92 Å². The topological polar surface area (TPSA) is 84.6 Å². The number of aliphatic hydroxyl groups excluding tert-OH is 1. The fourth-order valence-electron chi connectivity index (χ4n) is 4.29. The molecule has 7 nitrogen and oxygen atoms in total. The number of aryl methyl sites for hydroxylation is 1. The molecule has 4 rings (SSSR count). The summed E-state index contributed by atoms with van der Waals surface area (Å²) in [6.07, 6.45) is 7.36. The minimum absolute atomic E-state index is 0.103. The average molecular weight is 424 g/mol. The van der Waals surface area contributed by atoms with E-state index in [9.17, 15) is 5.11 Å². The molecule has 3 heterocycles. The number of hydrogen-bond donors (Lipinski definition) is 2. The van der Waals surface area contributed by atoms with Gasteiger partial charge in [-0.15, -0.1) is 5.10 Å². The van der Waals surface area contributed by atoms with E-state index in [2.05, 4.69) is 34.3 Å². The second kappa shape index (κ2) is 9.32. The Balaban J connectivity index is 1.70. The van der Waals surface area contributed by atoms with Gasteiger partial charge in [0.05, 0.1) is 30.5 Å². The van der Waals surface area contributed by atoms with Crippen LogP contribution in [0.4, 0.5) is 5.95 Å². The molecule has 1 aliphatic rings. The number of rotatable bonds is 7. The molecule has 7 heteroatoms. The lowest BCUT2D eigenvalue weighted by atomic mass is 9.85. The summed E-state index contributed by atoms with van der Waals surface area (Å²) in [7, 11) is 0. The molecule has 166 valence electrons. The van der Waals surface area contributed by atoms with Crippen LogP contribution in [0.3, 0.4) is 0 Å². The van der Waals surface area contributed by atoms with Crippen LogP contribution in [-0.4, -0.2) is 49.5 Å². The van der Waals surface area contributed by atoms with Crippen molar-refractivity contribution in [1.29, 1.82) is 0 Å². The molecule has 0 radical (unpaired) electrons. The highest BCUT2D eigenvalue weighted by atomic mass is 16.5. The Morgan fingerprint density at radius 2 is 1.94 bits per heavy atom. The Labute approximate surface area is 183 Å². The second-order valence-electron chi connectivity index (χ2n) is 8.98. The van der Waals surface area contributed by atoms with Crippen molar-refractivity contribution in [3.8, 4) is 11.1 Å². The highest BCUT2D eigenvalue weighted by Crippen LogP contribution is 2.37. The van der Waals surface area contributed by atoms with Gasteiger partial charge in [-0.3, -0.25) is 4.98 Å². The standard InChI is InChI=1S/C24H33N5O2/c1-15(2)31-14-17(4)27-24-26-13-23-21(19-9-10-25-16(3)11-19)12-22(29(23)28-24)18-5-7-20(30)8-6-18/h9-13,15,17-18,20,30H,5-8,14H2,1-4H3,(H,27,28)/t17-,18-,20-/m0/s1. The van der Waals surface area contributed by atoms with Gasteiger partial charge < -0.3 is 15.2 Å². The predicted molar refractivity (Wildman–Crippen MR) is 122 cm³/mol. The van der Waals surface area contributed by atoms with Crippen molar-refractivity contribution in [2.75, 3.05) is 11.9 Å². The van der Waals surface area contributed by atoms with E-state index >= 15 is 0 Å². The summed E-state index contributed by atoms with van der Waals surface area (Å²) in [5.41, 5.74) is 5.40. The quantitative estimate of drug-likeness (QED) is 0.588. The molecule has 0 amide bonds. The fourth-order valence-corrected chi connectivity index (χ4v) is 4.29. The summed E-state index contributed by atoms with van der Waals surface area (Å²) in [5.74, 6) is 0.967. The van der Waals surface area contributed by atoms with Crippen molar-refractivity contribution in [2.45, 2.75) is 77.5 Å². The minimum Gasteiger partial charge on any atom is -0.393 e. The van der Waals surface area contributed by atoms with Gasteiger partial charge in [0.1, 0.15) is 0 Å². The highest BCUT2D eigenvalue weighted by Gasteiger charge is 2.25. The van der Waals surface area contributed by atoms with Crippen LogP contribution in [0.1, 0.15) is 63.8 Å². The number of aromatic nitrogens is 4. The first-order chi connectivity index (χ1) is 14.9. The van der Waals surface area contributed by atoms with Crippen LogP contribution >= 0.6 is 0 Å². The van der Waals surface area contributed by atoms with Gasteiger partial charge >= 0.3 is 0 Å². The maximum Gasteiger partial charge on any atom is 0.241 e. The zero-order valence-corrected chi connectivity index (χ0v) is 18.9. The molecule has 1 fully saturated rings. The predicted octanol–water partition coefficient (Wildman–Crippen LogP) is 4.34. The number of fused-ring (bicyclic) bond motifs is 1.